The third-order valence-electron chi connectivity index (χ3n) is 1.90. The summed E-state index contributed by atoms with van der Waals surface area (Å²) in [7, 11) is 0. The van der Waals surface area contributed by atoms with E-state index in [1.165, 1.54) is 0 Å². The smallest absolute Gasteiger partial charge is 0.0805 e. The van der Waals surface area contributed by atoms with Crippen molar-refractivity contribution >= 4 is 11.3 Å². The normalized spacial score (nSPS) is 13.5. The molecule has 5 heteroatoms. The number of ether oxygens (including phenoxy) is 1. The highest BCUT2D eigenvalue weighted by Crippen LogP contribution is 2.21. The lowest BCUT2D eigenvalue weighted by atomic mass is 10.2. The monoisotopic (exact) mass is 215 g/mol. The Balaban J connectivity index is 2.58. The molecule has 0 amide bonds. The van der Waals surface area contributed by atoms with Crippen LogP contribution >= 0.6 is 11.3 Å². The first-order chi connectivity index (χ1) is 6.65. The number of hydrogen-bond acceptors (Lipinski definition) is 5. The lowest BCUT2D eigenvalue weighted by molar-refractivity contribution is 0.0616. The maximum atomic E-state index is 5.51. The molecule has 0 saturated heterocycles. The summed E-state index contributed by atoms with van der Waals surface area (Å²) in [4.78, 5) is 5.33. The predicted molar refractivity (Wildman–Crippen MR) is 58.0 cm³/mol. The van der Waals surface area contributed by atoms with Crippen molar-refractivity contribution in [3.63, 3.8) is 0 Å². The first kappa shape index (κ1) is 11.6. The highest BCUT2D eigenvalue weighted by molar-refractivity contribution is 7.09. The predicted octanol–water partition coefficient (Wildman–Crippen LogP) is 1.38. The Bertz CT molecular complexity index is 275. The van der Waals surface area contributed by atoms with Crippen LogP contribution in [-0.4, -0.2) is 17.7 Å². The minimum Gasteiger partial charge on any atom is -0.377 e. The van der Waals surface area contributed by atoms with Crippen LogP contribution in [0.25, 0.3) is 0 Å². The molecule has 0 fully saturated rings. The molecule has 0 saturated carbocycles. The number of hydrogen-bond donors (Lipinski definition) is 2. The van der Waals surface area contributed by atoms with E-state index in [1.54, 1.807) is 11.3 Å². The lowest BCUT2D eigenvalue weighted by Gasteiger charge is -2.16. The van der Waals surface area contributed by atoms with Crippen molar-refractivity contribution in [2.24, 2.45) is 5.84 Å². The van der Waals surface area contributed by atoms with E-state index in [0.717, 1.165) is 10.6 Å². The summed E-state index contributed by atoms with van der Waals surface area (Å²) in [6.07, 6.45) is 0.221. The summed E-state index contributed by atoms with van der Waals surface area (Å²) in [6.45, 7) is 6.57. The zero-order valence-electron chi connectivity index (χ0n) is 8.78. The average Bonchev–Trinajstić information content (AvgIpc) is 2.53. The Kier molecular flexibility index (Phi) is 4.47. The fraction of sp³-hybridized carbons (Fsp3) is 0.667. The molecule has 0 radical (unpaired) electrons. The third kappa shape index (κ3) is 3.02. The molecule has 1 aromatic heterocycles. The number of nitrogens with two attached hydrogens (primary N) is 1. The fourth-order valence-electron chi connectivity index (χ4n) is 1.13. The molecule has 0 aromatic carbocycles. The molecule has 4 nitrogen and oxygen atoms in total. The van der Waals surface area contributed by atoms with Crippen LogP contribution in [0, 0.1) is 6.92 Å². The molecule has 1 rings (SSSR count). The average molecular weight is 215 g/mol. The maximum Gasteiger partial charge on any atom is 0.0805 e. The van der Waals surface area contributed by atoms with Gasteiger partial charge in [-0.25, -0.2) is 10.4 Å². The second-order valence-corrected chi connectivity index (χ2v) is 4.29. The minimum atomic E-state index is 0.0462. The van der Waals surface area contributed by atoms with Gasteiger partial charge in [0.1, 0.15) is 0 Å². The van der Waals surface area contributed by atoms with E-state index in [0.29, 0.717) is 6.61 Å². The summed E-state index contributed by atoms with van der Waals surface area (Å²) >= 11 is 1.60. The van der Waals surface area contributed by atoms with Crippen LogP contribution in [0.2, 0.25) is 0 Å². The zero-order valence-corrected chi connectivity index (χ0v) is 9.60. The van der Waals surface area contributed by atoms with Crippen LogP contribution in [-0.2, 0) is 4.74 Å². The SMILES string of the molecule is Cc1ncsc1C(COC(C)C)NN. The Morgan fingerprint density at radius 3 is 2.79 bits per heavy atom. The molecule has 1 atom stereocenters. The number of nitrogens with zero attached hydrogens (tertiary/aromatic N) is 1. The fourth-order valence-corrected chi connectivity index (χ4v) is 1.98. The van der Waals surface area contributed by atoms with Gasteiger partial charge in [0.2, 0.25) is 0 Å². The van der Waals surface area contributed by atoms with Crippen LogP contribution in [0.5, 0.6) is 0 Å². The first-order valence-corrected chi connectivity index (χ1v) is 5.50. The quantitative estimate of drug-likeness (QED) is 0.575. The van der Waals surface area contributed by atoms with Gasteiger partial charge in [0, 0.05) is 4.88 Å². The number of aromatic nitrogens is 1. The largest absolute Gasteiger partial charge is 0.377 e. The Hall–Kier alpha value is -0.490. The molecule has 14 heavy (non-hydrogen) atoms. The van der Waals surface area contributed by atoms with Crippen LogP contribution in [0.3, 0.4) is 0 Å². The standard InChI is InChI=1S/C9H17N3OS/c1-6(2)13-4-8(12-10)9-7(3)11-5-14-9/h5-6,8,12H,4,10H2,1-3H3. The number of nitrogens with one attached hydrogen (secondary N) is 1. The second kappa shape index (κ2) is 5.41. The summed E-state index contributed by atoms with van der Waals surface area (Å²) in [5, 5.41) is 0. The summed E-state index contributed by atoms with van der Waals surface area (Å²) in [6, 6.07) is 0.0462. The first-order valence-electron chi connectivity index (χ1n) is 4.62. The molecular formula is C9H17N3OS. The maximum absolute atomic E-state index is 5.51. The number of aryl methyl sites for hydroxylation is 1. The zero-order chi connectivity index (χ0) is 10.6. The van der Waals surface area contributed by atoms with E-state index >= 15 is 0 Å². The minimum absolute atomic E-state index is 0.0462. The molecule has 1 aromatic rings. The van der Waals surface area contributed by atoms with Crippen molar-refractivity contribution in [3.05, 3.63) is 16.1 Å². The number of thiazole rings is 1. The topological polar surface area (TPSA) is 60.2 Å². The van der Waals surface area contributed by atoms with Crippen molar-refractivity contribution in [2.75, 3.05) is 6.61 Å². The van der Waals surface area contributed by atoms with Gasteiger partial charge in [-0.2, -0.15) is 0 Å². The van der Waals surface area contributed by atoms with Crippen molar-refractivity contribution in [1.29, 1.82) is 0 Å². The van der Waals surface area contributed by atoms with Gasteiger partial charge in [0.25, 0.3) is 0 Å². The Morgan fingerprint density at radius 2 is 2.36 bits per heavy atom. The van der Waals surface area contributed by atoms with Gasteiger partial charge in [0.15, 0.2) is 0 Å². The Morgan fingerprint density at radius 1 is 1.64 bits per heavy atom. The molecule has 3 N–H and O–H groups in total. The van der Waals surface area contributed by atoms with Gasteiger partial charge in [-0.05, 0) is 20.8 Å². The molecule has 0 spiro atoms. The van der Waals surface area contributed by atoms with Gasteiger partial charge in [0.05, 0.1) is 30.0 Å². The highest BCUT2D eigenvalue weighted by atomic mass is 32.1. The van der Waals surface area contributed by atoms with Gasteiger partial charge >= 0.3 is 0 Å². The molecule has 0 aliphatic rings. The molecular weight excluding hydrogens is 198 g/mol. The van der Waals surface area contributed by atoms with E-state index in [1.807, 2.05) is 26.3 Å². The highest BCUT2D eigenvalue weighted by Gasteiger charge is 2.15. The van der Waals surface area contributed by atoms with Gasteiger partial charge in [-0.1, -0.05) is 0 Å². The van der Waals surface area contributed by atoms with Crippen LogP contribution in [0.1, 0.15) is 30.5 Å². The second-order valence-electron chi connectivity index (χ2n) is 3.40. The van der Waals surface area contributed by atoms with E-state index in [4.69, 9.17) is 10.6 Å². The Labute approximate surface area is 88.5 Å². The molecule has 0 aliphatic heterocycles. The molecule has 80 valence electrons. The van der Waals surface area contributed by atoms with Crippen LogP contribution in [0.4, 0.5) is 0 Å². The lowest BCUT2D eigenvalue weighted by Crippen LogP contribution is -2.32. The van der Waals surface area contributed by atoms with Crippen LogP contribution < -0.4 is 11.3 Å². The van der Waals surface area contributed by atoms with E-state index in [9.17, 15) is 0 Å². The summed E-state index contributed by atoms with van der Waals surface area (Å²) in [5.74, 6) is 5.47. The molecule has 0 bridgehead atoms. The van der Waals surface area contributed by atoms with E-state index < -0.39 is 0 Å². The molecule has 1 unspecified atom stereocenters. The van der Waals surface area contributed by atoms with Crippen LogP contribution in [0.15, 0.2) is 5.51 Å². The van der Waals surface area contributed by atoms with E-state index in [-0.39, 0.29) is 12.1 Å². The molecule has 0 aliphatic carbocycles. The van der Waals surface area contributed by atoms with Crippen molar-refractivity contribution < 1.29 is 4.74 Å². The van der Waals surface area contributed by atoms with Crippen molar-refractivity contribution in [3.8, 4) is 0 Å². The van der Waals surface area contributed by atoms with Gasteiger partial charge in [-0.15, -0.1) is 11.3 Å². The van der Waals surface area contributed by atoms with Gasteiger partial charge < -0.3 is 4.74 Å². The summed E-state index contributed by atoms with van der Waals surface area (Å²) in [5.41, 5.74) is 5.59. The molecule has 1 heterocycles. The van der Waals surface area contributed by atoms with Crippen molar-refractivity contribution in [2.45, 2.75) is 32.9 Å². The number of rotatable bonds is 5. The van der Waals surface area contributed by atoms with Crippen molar-refractivity contribution in [1.82, 2.24) is 10.4 Å². The van der Waals surface area contributed by atoms with Gasteiger partial charge in [-0.3, -0.25) is 5.84 Å². The third-order valence-corrected chi connectivity index (χ3v) is 2.94. The summed E-state index contributed by atoms with van der Waals surface area (Å²) < 4.78 is 5.51. The van der Waals surface area contributed by atoms with E-state index in [2.05, 4.69) is 10.4 Å². The number of hydrazine groups is 1.